The SMILES string of the molecule is C[C@@H]1CN(c2ccc(C#N)n3ncc(F)c23)Cc2c3c(nn21)CN(CC1(N)COC1)[C@@H](C)C3. The molecule has 6 heterocycles. The minimum absolute atomic E-state index is 0.130. The van der Waals surface area contributed by atoms with Crippen LogP contribution >= 0.6 is 0 Å². The molecule has 0 saturated carbocycles. The lowest BCUT2D eigenvalue weighted by atomic mass is 9.92. The molecule has 0 amide bonds. The number of pyridine rings is 1. The van der Waals surface area contributed by atoms with Gasteiger partial charge in [0, 0.05) is 31.2 Å². The maximum absolute atomic E-state index is 14.7. The van der Waals surface area contributed by atoms with Crippen LogP contribution in [0.15, 0.2) is 18.3 Å². The number of anilines is 1. The van der Waals surface area contributed by atoms with Crippen molar-refractivity contribution in [3.8, 4) is 6.07 Å². The highest BCUT2D eigenvalue weighted by atomic mass is 19.1. The van der Waals surface area contributed by atoms with Crippen LogP contribution in [0.2, 0.25) is 0 Å². The summed E-state index contributed by atoms with van der Waals surface area (Å²) >= 11 is 0. The quantitative estimate of drug-likeness (QED) is 0.647. The summed E-state index contributed by atoms with van der Waals surface area (Å²) in [5.74, 6) is -0.421. The summed E-state index contributed by atoms with van der Waals surface area (Å²) in [6, 6.07) is 6.10. The number of aromatic nitrogens is 4. The Labute approximate surface area is 191 Å². The Morgan fingerprint density at radius 1 is 1.27 bits per heavy atom. The summed E-state index contributed by atoms with van der Waals surface area (Å²) in [6.07, 6.45) is 2.08. The van der Waals surface area contributed by atoms with E-state index < -0.39 is 5.82 Å². The standard InChI is InChI=1S/C23H27FN8O/c1-14-5-17-19(9-30(14)11-23(26)12-33-13-23)28-31-15(2)8-29(10-21(17)31)20-4-3-16(6-25)32-22(20)18(24)7-27-32/h3-4,7,14-15H,5,8-13,26H2,1-2H3/t14-,15+/m0/s1. The number of rotatable bonds is 3. The first kappa shape index (κ1) is 20.6. The lowest BCUT2D eigenvalue weighted by molar-refractivity contribution is -0.0738. The maximum atomic E-state index is 14.7. The van der Waals surface area contributed by atoms with Crippen molar-refractivity contribution in [3.63, 3.8) is 0 Å². The number of nitrogens with zero attached hydrogens (tertiary/aromatic N) is 7. The first-order valence-corrected chi connectivity index (χ1v) is 11.4. The fraction of sp³-hybridized carbons (Fsp3) is 0.522. The molecular weight excluding hydrogens is 423 g/mol. The Morgan fingerprint density at radius 3 is 2.82 bits per heavy atom. The van der Waals surface area contributed by atoms with Crippen molar-refractivity contribution in [1.29, 1.82) is 5.26 Å². The van der Waals surface area contributed by atoms with Crippen LogP contribution in [0, 0.1) is 17.1 Å². The van der Waals surface area contributed by atoms with Gasteiger partial charge in [0.1, 0.15) is 17.3 Å². The molecule has 1 fully saturated rings. The van der Waals surface area contributed by atoms with Crippen molar-refractivity contribution in [2.24, 2.45) is 5.73 Å². The van der Waals surface area contributed by atoms with Crippen LogP contribution in [0.5, 0.6) is 0 Å². The molecule has 2 N–H and O–H groups in total. The predicted octanol–water partition coefficient (Wildman–Crippen LogP) is 1.60. The van der Waals surface area contributed by atoms with Crippen molar-refractivity contribution in [1.82, 2.24) is 24.3 Å². The second-order valence-electron chi connectivity index (χ2n) is 9.83. The van der Waals surface area contributed by atoms with Gasteiger partial charge in [0.25, 0.3) is 0 Å². The molecule has 172 valence electrons. The molecule has 33 heavy (non-hydrogen) atoms. The molecule has 3 aliphatic rings. The Bertz CT molecular complexity index is 1290. The summed E-state index contributed by atoms with van der Waals surface area (Å²) < 4.78 is 23.6. The Balaban J connectivity index is 1.34. The fourth-order valence-electron chi connectivity index (χ4n) is 5.51. The van der Waals surface area contributed by atoms with E-state index in [9.17, 15) is 9.65 Å². The van der Waals surface area contributed by atoms with E-state index in [0.717, 1.165) is 30.9 Å². The molecule has 0 radical (unpaired) electrons. The van der Waals surface area contributed by atoms with E-state index in [-0.39, 0.29) is 11.6 Å². The van der Waals surface area contributed by atoms with Crippen molar-refractivity contribution in [3.05, 3.63) is 46.8 Å². The number of nitriles is 1. The van der Waals surface area contributed by atoms with Gasteiger partial charge in [-0.2, -0.15) is 15.5 Å². The molecule has 0 spiro atoms. The van der Waals surface area contributed by atoms with Gasteiger partial charge in [-0.05, 0) is 32.4 Å². The minimum Gasteiger partial charge on any atom is -0.377 e. The van der Waals surface area contributed by atoms with E-state index in [0.29, 0.717) is 43.6 Å². The Kier molecular flexibility index (Phi) is 4.52. The molecule has 10 heteroatoms. The van der Waals surface area contributed by atoms with Crippen LogP contribution in [0.4, 0.5) is 10.1 Å². The molecule has 6 rings (SSSR count). The highest BCUT2D eigenvalue weighted by molar-refractivity contribution is 5.75. The van der Waals surface area contributed by atoms with Gasteiger partial charge in [-0.1, -0.05) is 0 Å². The Hall–Kier alpha value is -3.00. The second-order valence-corrected chi connectivity index (χ2v) is 9.83. The minimum atomic E-state index is -0.421. The van der Waals surface area contributed by atoms with Crippen molar-refractivity contribution >= 4 is 11.2 Å². The van der Waals surface area contributed by atoms with E-state index in [2.05, 4.69) is 39.5 Å². The fourth-order valence-corrected chi connectivity index (χ4v) is 5.51. The van der Waals surface area contributed by atoms with E-state index in [1.54, 1.807) is 6.07 Å². The van der Waals surface area contributed by atoms with Gasteiger partial charge in [-0.3, -0.25) is 9.58 Å². The van der Waals surface area contributed by atoms with Gasteiger partial charge < -0.3 is 15.4 Å². The third-order valence-electron chi connectivity index (χ3n) is 7.27. The molecule has 3 aromatic heterocycles. The lowest BCUT2D eigenvalue weighted by Gasteiger charge is -2.44. The van der Waals surface area contributed by atoms with Gasteiger partial charge in [-0.15, -0.1) is 0 Å². The number of hydrogen-bond donors (Lipinski definition) is 1. The highest BCUT2D eigenvalue weighted by Gasteiger charge is 2.40. The lowest BCUT2D eigenvalue weighted by Crippen LogP contribution is -2.64. The number of hydrogen-bond acceptors (Lipinski definition) is 7. The molecule has 0 bridgehead atoms. The van der Waals surface area contributed by atoms with Gasteiger partial charge in [0.2, 0.25) is 0 Å². The van der Waals surface area contributed by atoms with Gasteiger partial charge in [-0.25, -0.2) is 8.91 Å². The first-order chi connectivity index (χ1) is 15.9. The number of nitrogens with two attached hydrogens (primary N) is 1. The summed E-state index contributed by atoms with van der Waals surface area (Å²) in [6.45, 7) is 8.53. The van der Waals surface area contributed by atoms with Crippen molar-refractivity contribution < 1.29 is 9.13 Å². The molecule has 0 aromatic carbocycles. The molecule has 9 nitrogen and oxygen atoms in total. The van der Waals surface area contributed by atoms with E-state index in [1.807, 2.05) is 6.07 Å². The van der Waals surface area contributed by atoms with Crippen molar-refractivity contribution in [2.75, 3.05) is 31.2 Å². The summed E-state index contributed by atoms with van der Waals surface area (Å²) in [5.41, 5.74) is 11.2. The van der Waals surface area contributed by atoms with Crippen LogP contribution in [0.3, 0.4) is 0 Å². The first-order valence-electron chi connectivity index (χ1n) is 11.4. The molecule has 3 aliphatic heterocycles. The van der Waals surface area contributed by atoms with E-state index in [4.69, 9.17) is 15.6 Å². The van der Waals surface area contributed by atoms with Crippen LogP contribution < -0.4 is 10.6 Å². The normalized spacial score (nSPS) is 24.3. The molecule has 2 atom stereocenters. The summed E-state index contributed by atoms with van der Waals surface area (Å²) in [4.78, 5) is 4.60. The van der Waals surface area contributed by atoms with Gasteiger partial charge in [0.15, 0.2) is 5.82 Å². The largest absolute Gasteiger partial charge is 0.377 e. The topological polar surface area (TPSA) is 101 Å². The third-order valence-corrected chi connectivity index (χ3v) is 7.27. The highest BCUT2D eigenvalue weighted by Crippen LogP contribution is 2.36. The number of fused-ring (bicyclic) bond motifs is 4. The van der Waals surface area contributed by atoms with Gasteiger partial charge >= 0.3 is 0 Å². The molecule has 3 aromatic rings. The van der Waals surface area contributed by atoms with Crippen LogP contribution in [-0.2, 0) is 24.2 Å². The predicted molar refractivity (Wildman–Crippen MR) is 119 cm³/mol. The summed E-state index contributed by atoms with van der Waals surface area (Å²) in [5, 5.41) is 18.5. The monoisotopic (exact) mass is 450 g/mol. The molecule has 0 unspecified atom stereocenters. The smallest absolute Gasteiger partial charge is 0.171 e. The van der Waals surface area contributed by atoms with Crippen LogP contribution in [0.1, 0.15) is 42.5 Å². The van der Waals surface area contributed by atoms with E-state index >= 15 is 0 Å². The summed E-state index contributed by atoms with van der Waals surface area (Å²) in [7, 11) is 0. The average molecular weight is 451 g/mol. The second kappa shape index (κ2) is 7.25. The molecule has 0 aliphatic carbocycles. The van der Waals surface area contributed by atoms with Crippen LogP contribution in [-0.4, -0.2) is 62.2 Å². The number of ether oxygens (including phenoxy) is 1. The van der Waals surface area contributed by atoms with Crippen molar-refractivity contribution in [2.45, 2.75) is 51.0 Å². The number of halogens is 1. The average Bonchev–Trinajstić information content (AvgIpc) is 3.33. The third kappa shape index (κ3) is 3.14. The zero-order valence-corrected chi connectivity index (χ0v) is 18.8. The Morgan fingerprint density at radius 2 is 2.09 bits per heavy atom. The van der Waals surface area contributed by atoms with Crippen LogP contribution in [0.25, 0.3) is 5.52 Å². The molecule has 1 saturated heterocycles. The zero-order chi connectivity index (χ0) is 22.9. The van der Waals surface area contributed by atoms with E-state index in [1.165, 1.54) is 22.0 Å². The zero-order valence-electron chi connectivity index (χ0n) is 18.8. The molecular formula is C23H27FN8O. The maximum Gasteiger partial charge on any atom is 0.171 e. The van der Waals surface area contributed by atoms with Gasteiger partial charge in [0.05, 0.1) is 54.6 Å².